The molecule has 0 aliphatic heterocycles. The predicted octanol–water partition coefficient (Wildman–Crippen LogP) is 5.59. The van der Waals surface area contributed by atoms with Crippen LogP contribution in [0.5, 0.6) is 11.5 Å². The second kappa shape index (κ2) is 6.20. The number of hydrogen-bond donors (Lipinski definition) is 1. The van der Waals surface area contributed by atoms with E-state index in [1.54, 1.807) is 6.92 Å². The summed E-state index contributed by atoms with van der Waals surface area (Å²) in [6, 6.07) is 13.7. The molecule has 0 saturated carbocycles. The van der Waals surface area contributed by atoms with Crippen LogP contribution in [0.4, 0.5) is 0 Å². The number of ether oxygens (including phenoxy) is 1. The van der Waals surface area contributed by atoms with E-state index in [0.717, 1.165) is 21.3 Å². The Hall–Kier alpha value is -1.32. The van der Waals surface area contributed by atoms with Crippen molar-refractivity contribution >= 4 is 15.9 Å². The lowest BCUT2D eigenvalue weighted by molar-refractivity contribution is 0.195. The molecule has 2 rings (SSSR count). The maximum Gasteiger partial charge on any atom is 0.133 e. The van der Waals surface area contributed by atoms with Crippen LogP contribution in [0.2, 0.25) is 0 Å². The van der Waals surface area contributed by atoms with E-state index in [2.05, 4.69) is 42.8 Å². The monoisotopic (exact) mass is 348 g/mol. The molecule has 1 unspecified atom stereocenters. The molecule has 0 amide bonds. The average Bonchev–Trinajstić information content (AvgIpc) is 2.40. The van der Waals surface area contributed by atoms with Gasteiger partial charge in [-0.15, -0.1) is 0 Å². The van der Waals surface area contributed by atoms with Gasteiger partial charge in [-0.1, -0.05) is 54.9 Å². The molecule has 21 heavy (non-hydrogen) atoms. The van der Waals surface area contributed by atoms with Gasteiger partial charge in [0.05, 0.1) is 6.10 Å². The van der Waals surface area contributed by atoms with Crippen molar-refractivity contribution in [1.82, 2.24) is 0 Å². The molecule has 2 aromatic carbocycles. The first-order valence-electron chi connectivity index (χ1n) is 7.04. The van der Waals surface area contributed by atoms with Gasteiger partial charge in [0.1, 0.15) is 11.5 Å². The summed E-state index contributed by atoms with van der Waals surface area (Å²) in [6.07, 6.45) is -0.584. The van der Waals surface area contributed by atoms with Crippen LogP contribution in [-0.2, 0) is 5.41 Å². The van der Waals surface area contributed by atoms with Crippen LogP contribution in [-0.4, -0.2) is 5.11 Å². The zero-order chi connectivity index (χ0) is 15.6. The lowest BCUT2D eigenvalue weighted by Crippen LogP contribution is -2.12. The molecule has 3 heteroatoms. The third-order valence-corrected chi connectivity index (χ3v) is 3.83. The summed E-state index contributed by atoms with van der Waals surface area (Å²) in [6.45, 7) is 8.22. The Morgan fingerprint density at radius 2 is 1.71 bits per heavy atom. The second-order valence-electron chi connectivity index (χ2n) is 6.21. The minimum Gasteiger partial charge on any atom is -0.457 e. The third-order valence-electron chi connectivity index (χ3n) is 3.34. The zero-order valence-electron chi connectivity index (χ0n) is 12.9. The largest absolute Gasteiger partial charge is 0.457 e. The molecule has 0 aromatic heterocycles. The minimum atomic E-state index is -0.584. The highest BCUT2D eigenvalue weighted by atomic mass is 79.9. The zero-order valence-corrected chi connectivity index (χ0v) is 14.4. The van der Waals surface area contributed by atoms with Crippen molar-refractivity contribution in [3.05, 3.63) is 58.1 Å². The SMILES string of the molecule is CC(O)c1cc(Br)ccc1Oc1ccccc1C(C)(C)C. The first-order chi connectivity index (χ1) is 9.79. The molecule has 2 nitrogen and oxygen atoms in total. The van der Waals surface area contributed by atoms with Gasteiger partial charge < -0.3 is 9.84 Å². The highest BCUT2D eigenvalue weighted by molar-refractivity contribution is 9.10. The smallest absolute Gasteiger partial charge is 0.133 e. The topological polar surface area (TPSA) is 29.5 Å². The molecular weight excluding hydrogens is 328 g/mol. The fraction of sp³-hybridized carbons (Fsp3) is 0.333. The molecule has 0 spiro atoms. The summed E-state index contributed by atoms with van der Waals surface area (Å²) in [4.78, 5) is 0. The summed E-state index contributed by atoms with van der Waals surface area (Å²) >= 11 is 3.43. The number of hydrogen-bond acceptors (Lipinski definition) is 2. The van der Waals surface area contributed by atoms with Crippen molar-refractivity contribution in [2.75, 3.05) is 0 Å². The predicted molar refractivity (Wildman–Crippen MR) is 90.0 cm³/mol. The summed E-state index contributed by atoms with van der Waals surface area (Å²) in [7, 11) is 0. The second-order valence-corrected chi connectivity index (χ2v) is 7.12. The number of benzene rings is 2. The van der Waals surface area contributed by atoms with E-state index in [9.17, 15) is 5.11 Å². The number of aliphatic hydroxyl groups excluding tert-OH is 1. The van der Waals surface area contributed by atoms with Gasteiger partial charge in [0.25, 0.3) is 0 Å². The first kappa shape index (κ1) is 16.1. The first-order valence-corrected chi connectivity index (χ1v) is 7.83. The van der Waals surface area contributed by atoms with Crippen molar-refractivity contribution in [2.24, 2.45) is 0 Å². The average molecular weight is 349 g/mol. The number of para-hydroxylation sites is 1. The van der Waals surface area contributed by atoms with E-state index in [0.29, 0.717) is 5.75 Å². The molecule has 112 valence electrons. The Bertz CT molecular complexity index is 627. The summed E-state index contributed by atoms with van der Waals surface area (Å²) in [5.41, 5.74) is 1.91. The summed E-state index contributed by atoms with van der Waals surface area (Å²) in [5.74, 6) is 1.51. The van der Waals surface area contributed by atoms with Crippen LogP contribution < -0.4 is 4.74 Å². The Labute approximate surface area is 134 Å². The molecule has 1 N–H and O–H groups in total. The van der Waals surface area contributed by atoms with Gasteiger partial charge >= 0.3 is 0 Å². The van der Waals surface area contributed by atoms with Crippen molar-refractivity contribution in [2.45, 2.75) is 39.2 Å². The van der Waals surface area contributed by atoms with Crippen molar-refractivity contribution in [3.8, 4) is 11.5 Å². The van der Waals surface area contributed by atoms with Gasteiger partial charge in [-0.3, -0.25) is 0 Å². The Morgan fingerprint density at radius 1 is 1.05 bits per heavy atom. The molecule has 0 bridgehead atoms. The molecular formula is C18H21BrO2. The van der Waals surface area contributed by atoms with E-state index >= 15 is 0 Å². The van der Waals surface area contributed by atoms with Crippen LogP contribution in [0.1, 0.15) is 44.9 Å². The molecule has 0 aliphatic rings. The molecule has 0 aliphatic carbocycles. The molecule has 0 radical (unpaired) electrons. The van der Waals surface area contributed by atoms with E-state index in [4.69, 9.17) is 4.74 Å². The summed E-state index contributed by atoms with van der Waals surface area (Å²) < 4.78 is 7.03. The minimum absolute atomic E-state index is 0.00302. The summed E-state index contributed by atoms with van der Waals surface area (Å²) in [5, 5.41) is 9.94. The van der Waals surface area contributed by atoms with Gasteiger partial charge in [0.2, 0.25) is 0 Å². The highest BCUT2D eigenvalue weighted by Gasteiger charge is 2.20. The number of aliphatic hydroxyl groups is 1. The molecule has 0 saturated heterocycles. The van der Waals surface area contributed by atoms with E-state index in [1.165, 1.54) is 0 Å². The van der Waals surface area contributed by atoms with Crippen LogP contribution >= 0.6 is 15.9 Å². The van der Waals surface area contributed by atoms with Crippen LogP contribution in [0.25, 0.3) is 0 Å². The lowest BCUT2D eigenvalue weighted by atomic mass is 9.86. The highest BCUT2D eigenvalue weighted by Crippen LogP contribution is 2.37. The quantitative estimate of drug-likeness (QED) is 0.782. The van der Waals surface area contributed by atoms with Crippen LogP contribution in [0.3, 0.4) is 0 Å². The van der Waals surface area contributed by atoms with E-state index in [1.807, 2.05) is 36.4 Å². The molecule has 0 heterocycles. The fourth-order valence-corrected chi connectivity index (χ4v) is 2.61. The Morgan fingerprint density at radius 3 is 2.33 bits per heavy atom. The molecule has 2 aromatic rings. The van der Waals surface area contributed by atoms with Gasteiger partial charge in [-0.25, -0.2) is 0 Å². The third kappa shape index (κ3) is 3.86. The van der Waals surface area contributed by atoms with Crippen molar-refractivity contribution in [3.63, 3.8) is 0 Å². The van der Waals surface area contributed by atoms with Crippen LogP contribution in [0.15, 0.2) is 46.9 Å². The maximum absolute atomic E-state index is 9.94. The van der Waals surface area contributed by atoms with Gasteiger partial charge in [-0.2, -0.15) is 0 Å². The fourth-order valence-electron chi connectivity index (χ4n) is 2.23. The van der Waals surface area contributed by atoms with Crippen LogP contribution in [0, 0.1) is 0 Å². The van der Waals surface area contributed by atoms with E-state index < -0.39 is 6.10 Å². The van der Waals surface area contributed by atoms with Crippen molar-refractivity contribution < 1.29 is 9.84 Å². The number of halogens is 1. The maximum atomic E-state index is 9.94. The Kier molecular flexibility index (Phi) is 4.74. The molecule has 0 fully saturated rings. The lowest BCUT2D eigenvalue weighted by Gasteiger charge is -2.23. The molecule has 1 atom stereocenters. The van der Waals surface area contributed by atoms with Crippen molar-refractivity contribution in [1.29, 1.82) is 0 Å². The van der Waals surface area contributed by atoms with Gasteiger partial charge in [0, 0.05) is 15.6 Å². The standard InChI is InChI=1S/C18H21BrO2/c1-12(20)14-11-13(19)9-10-16(14)21-17-8-6-5-7-15(17)18(2,3)4/h5-12,20H,1-4H3. The van der Waals surface area contributed by atoms with Gasteiger partial charge in [0.15, 0.2) is 0 Å². The Balaban J connectivity index is 2.44. The van der Waals surface area contributed by atoms with E-state index in [-0.39, 0.29) is 5.41 Å². The van der Waals surface area contributed by atoms with Gasteiger partial charge in [-0.05, 0) is 36.6 Å². The number of rotatable bonds is 3. The normalized spacial score (nSPS) is 13.0.